The van der Waals surface area contributed by atoms with Gasteiger partial charge in [0.15, 0.2) is 0 Å². The van der Waals surface area contributed by atoms with Gasteiger partial charge in [0.25, 0.3) is 0 Å². The van der Waals surface area contributed by atoms with E-state index in [0.717, 1.165) is 12.8 Å². The van der Waals surface area contributed by atoms with Crippen LogP contribution >= 0.6 is 0 Å². The maximum atomic E-state index is 13.0. The summed E-state index contributed by atoms with van der Waals surface area (Å²) in [6.07, 6.45) is 3.16. The van der Waals surface area contributed by atoms with Crippen LogP contribution in [-0.4, -0.2) is 11.6 Å². The number of halogens is 1. The van der Waals surface area contributed by atoms with Gasteiger partial charge in [-0.25, -0.2) is 9.18 Å². The molecule has 0 aromatic heterocycles. The van der Waals surface area contributed by atoms with E-state index < -0.39 is 17.4 Å². The molecule has 2 rings (SSSR count). The van der Waals surface area contributed by atoms with Crippen LogP contribution in [0.2, 0.25) is 0 Å². The van der Waals surface area contributed by atoms with Gasteiger partial charge < -0.3 is 10.6 Å². The SMILES string of the molecule is CC1CCC(C#N)(NC(=O)Nc2cccc(F)c2)CC1. The number of nitriles is 1. The molecule has 2 N–H and O–H groups in total. The highest BCUT2D eigenvalue weighted by Gasteiger charge is 2.35. The predicted octanol–water partition coefficient (Wildman–Crippen LogP) is 3.42. The van der Waals surface area contributed by atoms with E-state index in [1.807, 2.05) is 0 Å². The lowest BCUT2D eigenvalue weighted by Gasteiger charge is -2.34. The summed E-state index contributed by atoms with van der Waals surface area (Å²) in [6, 6.07) is 7.42. The quantitative estimate of drug-likeness (QED) is 0.868. The van der Waals surface area contributed by atoms with Crippen molar-refractivity contribution in [2.75, 3.05) is 5.32 Å². The van der Waals surface area contributed by atoms with Gasteiger partial charge in [0.1, 0.15) is 11.4 Å². The molecule has 1 aliphatic rings. The smallest absolute Gasteiger partial charge is 0.319 e. The van der Waals surface area contributed by atoms with E-state index in [4.69, 9.17) is 0 Å². The number of carbonyl (C=O) groups excluding carboxylic acids is 1. The number of benzene rings is 1. The van der Waals surface area contributed by atoms with Crippen LogP contribution in [0.4, 0.5) is 14.9 Å². The molecule has 0 radical (unpaired) electrons. The average Bonchev–Trinajstić information content (AvgIpc) is 2.41. The zero-order valence-electron chi connectivity index (χ0n) is 11.4. The molecule has 4 nitrogen and oxygen atoms in total. The van der Waals surface area contributed by atoms with E-state index in [0.29, 0.717) is 24.4 Å². The lowest BCUT2D eigenvalue weighted by atomic mass is 9.78. The van der Waals surface area contributed by atoms with Gasteiger partial charge in [0.2, 0.25) is 0 Å². The summed E-state index contributed by atoms with van der Waals surface area (Å²) in [5.41, 5.74) is -0.427. The number of hydrogen-bond acceptors (Lipinski definition) is 2. The molecule has 1 aromatic rings. The molecule has 0 atom stereocenters. The van der Waals surface area contributed by atoms with Gasteiger partial charge in [0.05, 0.1) is 6.07 Å². The molecule has 0 saturated heterocycles. The van der Waals surface area contributed by atoms with Gasteiger partial charge in [-0.15, -0.1) is 0 Å². The second-order valence-electron chi connectivity index (χ2n) is 5.47. The molecule has 0 spiro atoms. The van der Waals surface area contributed by atoms with E-state index in [9.17, 15) is 14.4 Å². The molecule has 0 aliphatic heterocycles. The van der Waals surface area contributed by atoms with Crippen molar-refractivity contribution in [1.29, 1.82) is 5.26 Å². The minimum absolute atomic E-state index is 0.375. The molecule has 1 aromatic carbocycles. The van der Waals surface area contributed by atoms with Crippen molar-refractivity contribution in [3.8, 4) is 6.07 Å². The Balaban J connectivity index is 1.98. The van der Waals surface area contributed by atoms with Crippen molar-refractivity contribution in [2.24, 2.45) is 5.92 Å². The van der Waals surface area contributed by atoms with Crippen molar-refractivity contribution in [2.45, 2.75) is 38.1 Å². The highest BCUT2D eigenvalue weighted by molar-refractivity contribution is 5.90. The number of hydrogen-bond donors (Lipinski definition) is 2. The first-order valence-electron chi connectivity index (χ1n) is 6.79. The van der Waals surface area contributed by atoms with Crippen LogP contribution in [0, 0.1) is 23.1 Å². The number of anilines is 1. The summed E-state index contributed by atoms with van der Waals surface area (Å²) in [7, 11) is 0. The largest absolute Gasteiger partial charge is 0.320 e. The average molecular weight is 275 g/mol. The second kappa shape index (κ2) is 5.91. The van der Waals surface area contributed by atoms with Crippen molar-refractivity contribution >= 4 is 11.7 Å². The Morgan fingerprint density at radius 2 is 2.15 bits per heavy atom. The number of urea groups is 1. The summed E-state index contributed by atoms with van der Waals surface area (Å²) in [5, 5.41) is 14.6. The van der Waals surface area contributed by atoms with Crippen LogP contribution in [0.25, 0.3) is 0 Å². The van der Waals surface area contributed by atoms with Gasteiger partial charge in [0, 0.05) is 5.69 Å². The molecular formula is C15H18FN3O. The fourth-order valence-electron chi connectivity index (χ4n) is 2.47. The van der Waals surface area contributed by atoms with E-state index in [1.165, 1.54) is 18.2 Å². The highest BCUT2D eigenvalue weighted by Crippen LogP contribution is 2.31. The zero-order valence-corrected chi connectivity index (χ0v) is 11.4. The van der Waals surface area contributed by atoms with Gasteiger partial charge in [-0.2, -0.15) is 5.26 Å². The number of amides is 2. The van der Waals surface area contributed by atoms with E-state index in [-0.39, 0.29) is 0 Å². The molecule has 5 heteroatoms. The van der Waals surface area contributed by atoms with E-state index >= 15 is 0 Å². The van der Waals surface area contributed by atoms with Crippen LogP contribution in [0.5, 0.6) is 0 Å². The molecule has 2 amide bonds. The van der Waals surface area contributed by atoms with Crippen molar-refractivity contribution in [3.05, 3.63) is 30.1 Å². The Morgan fingerprint density at radius 3 is 2.75 bits per heavy atom. The highest BCUT2D eigenvalue weighted by atomic mass is 19.1. The van der Waals surface area contributed by atoms with E-state index in [1.54, 1.807) is 6.07 Å². The monoisotopic (exact) mass is 275 g/mol. The molecule has 106 valence electrons. The molecule has 0 heterocycles. The third-order valence-corrected chi connectivity index (χ3v) is 3.78. The standard InChI is InChI=1S/C15H18FN3O/c1-11-5-7-15(10-17,8-6-11)19-14(20)18-13-4-2-3-12(16)9-13/h2-4,9,11H,5-8H2,1H3,(H2,18,19,20). The third kappa shape index (κ3) is 3.47. The molecule has 1 aliphatic carbocycles. The Hall–Kier alpha value is -2.09. The first-order chi connectivity index (χ1) is 9.53. The number of nitrogens with zero attached hydrogens (tertiary/aromatic N) is 1. The third-order valence-electron chi connectivity index (χ3n) is 3.78. The van der Waals surface area contributed by atoms with Gasteiger partial charge >= 0.3 is 6.03 Å². The Morgan fingerprint density at radius 1 is 1.45 bits per heavy atom. The molecule has 1 fully saturated rings. The fraction of sp³-hybridized carbons (Fsp3) is 0.467. The van der Waals surface area contributed by atoms with Crippen LogP contribution in [0.3, 0.4) is 0 Å². The van der Waals surface area contributed by atoms with Crippen LogP contribution in [0.1, 0.15) is 32.6 Å². The molecule has 20 heavy (non-hydrogen) atoms. The minimum atomic E-state index is -0.802. The Labute approximate surface area is 118 Å². The first kappa shape index (κ1) is 14.3. The lowest BCUT2D eigenvalue weighted by molar-refractivity contribution is 0.222. The second-order valence-corrected chi connectivity index (χ2v) is 5.47. The van der Waals surface area contributed by atoms with Gasteiger partial charge in [-0.1, -0.05) is 13.0 Å². The predicted molar refractivity (Wildman–Crippen MR) is 74.5 cm³/mol. The van der Waals surface area contributed by atoms with Crippen molar-refractivity contribution < 1.29 is 9.18 Å². The molecule has 0 unspecified atom stereocenters. The summed E-state index contributed by atoms with van der Waals surface area (Å²) in [5.74, 6) is 0.175. The maximum Gasteiger partial charge on any atom is 0.320 e. The zero-order chi connectivity index (χ0) is 14.6. The van der Waals surface area contributed by atoms with Crippen molar-refractivity contribution in [3.63, 3.8) is 0 Å². The first-order valence-corrected chi connectivity index (χ1v) is 6.79. The number of nitrogens with one attached hydrogen (secondary N) is 2. The van der Waals surface area contributed by atoms with Crippen molar-refractivity contribution in [1.82, 2.24) is 5.32 Å². The lowest BCUT2D eigenvalue weighted by Crippen LogP contribution is -2.51. The number of rotatable bonds is 2. The molecule has 0 bridgehead atoms. The van der Waals surface area contributed by atoms with Crippen LogP contribution in [-0.2, 0) is 0 Å². The minimum Gasteiger partial charge on any atom is -0.319 e. The summed E-state index contributed by atoms with van der Waals surface area (Å²) in [6.45, 7) is 2.15. The Bertz CT molecular complexity index is 530. The van der Waals surface area contributed by atoms with Gasteiger partial charge in [-0.3, -0.25) is 0 Å². The number of carbonyl (C=O) groups is 1. The Kier molecular flexibility index (Phi) is 4.23. The van der Waals surface area contributed by atoms with E-state index in [2.05, 4.69) is 23.6 Å². The maximum absolute atomic E-state index is 13.0. The molecule has 1 saturated carbocycles. The topological polar surface area (TPSA) is 64.9 Å². The van der Waals surface area contributed by atoms with Crippen LogP contribution in [0.15, 0.2) is 24.3 Å². The fourth-order valence-corrected chi connectivity index (χ4v) is 2.47. The van der Waals surface area contributed by atoms with Gasteiger partial charge in [-0.05, 0) is 49.8 Å². The summed E-state index contributed by atoms with van der Waals surface area (Å²) < 4.78 is 13.0. The summed E-state index contributed by atoms with van der Waals surface area (Å²) >= 11 is 0. The summed E-state index contributed by atoms with van der Waals surface area (Å²) in [4.78, 5) is 11.9. The molecular weight excluding hydrogens is 257 g/mol. The normalized spacial score (nSPS) is 25.6. The van der Waals surface area contributed by atoms with Crippen LogP contribution < -0.4 is 10.6 Å².